The highest BCUT2D eigenvalue weighted by Gasteiger charge is 2.11. The van der Waals surface area contributed by atoms with Gasteiger partial charge in [-0.25, -0.2) is 5.43 Å². The quantitative estimate of drug-likeness (QED) is 0.532. The summed E-state index contributed by atoms with van der Waals surface area (Å²) in [5.74, 6) is -0.230. The fourth-order valence-electron chi connectivity index (χ4n) is 1.78. The zero-order valence-corrected chi connectivity index (χ0v) is 14.6. The number of benzene rings is 2. The summed E-state index contributed by atoms with van der Waals surface area (Å²) in [4.78, 5) is 12.0. The van der Waals surface area contributed by atoms with E-state index in [9.17, 15) is 9.90 Å². The van der Waals surface area contributed by atoms with E-state index in [4.69, 9.17) is 11.6 Å². The summed E-state index contributed by atoms with van der Waals surface area (Å²) in [7, 11) is 0. The number of phenolic OH excluding ortho intramolecular Hbond substituents is 1. The number of aromatic hydroxyl groups is 1. The van der Waals surface area contributed by atoms with Crippen LogP contribution in [0.2, 0.25) is 5.02 Å². The van der Waals surface area contributed by atoms with Gasteiger partial charge >= 0.3 is 0 Å². The van der Waals surface area contributed by atoms with Gasteiger partial charge in [0.2, 0.25) is 0 Å². The van der Waals surface area contributed by atoms with E-state index in [1.54, 1.807) is 37.3 Å². The van der Waals surface area contributed by atoms with E-state index in [0.29, 0.717) is 10.6 Å². The molecule has 0 saturated heterocycles. The zero-order chi connectivity index (χ0) is 16.8. The second-order valence-electron chi connectivity index (χ2n) is 4.81. The van der Waals surface area contributed by atoms with Gasteiger partial charge in [-0.05, 0) is 43.3 Å². The Balaban J connectivity index is 1.93. The highest BCUT2D eigenvalue weighted by Crippen LogP contribution is 2.20. The first-order chi connectivity index (χ1) is 11.0. The van der Waals surface area contributed by atoms with Crippen LogP contribution < -0.4 is 10.7 Å². The van der Waals surface area contributed by atoms with Crippen LogP contribution in [0.4, 0.5) is 5.69 Å². The lowest BCUT2D eigenvalue weighted by atomic mass is 10.2. The van der Waals surface area contributed by atoms with Crippen LogP contribution in [0.5, 0.6) is 5.75 Å². The first-order valence-corrected chi connectivity index (χ1v) is 7.96. The summed E-state index contributed by atoms with van der Waals surface area (Å²) in [5.41, 5.74) is 3.66. The Bertz CT molecular complexity index is 737. The van der Waals surface area contributed by atoms with Crippen LogP contribution in [0.3, 0.4) is 0 Å². The topological polar surface area (TPSA) is 73.7 Å². The van der Waals surface area contributed by atoms with Crippen molar-refractivity contribution in [2.75, 3.05) is 5.32 Å². The Morgan fingerprint density at radius 1 is 1.35 bits per heavy atom. The van der Waals surface area contributed by atoms with E-state index in [1.807, 2.05) is 6.07 Å². The molecule has 7 heteroatoms. The Kier molecular flexibility index (Phi) is 6.01. The molecule has 0 aromatic heterocycles. The molecule has 0 unspecified atom stereocenters. The van der Waals surface area contributed by atoms with Gasteiger partial charge in [-0.15, -0.1) is 0 Å². The molecule has 0 aliphatic heterocycles. The Labute approximate surface area is 147 Å². The van der Waals surface area contributed by atoms with Crippen LogP contribution in [-0.2, 0) is 4.79 Å². The highest BCUT2D eigenvalue weighted by atomic mass is 79.9. The van der Waals surface area contributed by atoms with E-state index in [-0.39, 0.29) is 11.7 Å². The summed E-state index contributed by atoms with van der Waals surface area (Å²) in [6, 6.07) is 11.5. The van der Waals surface area contributed by atoms with Gasteiger partial charge in [-0.2, -0.15) is 5.10 Å². The fraction of sp³-hybridized carbons (Fsp3) is 0.125. The van der Waals surface area contributed by atoms with Gasteiger partial charge in [-0.3, -0.25) is 4.79 Å². The van der Waals surface area contributed by atoms with Gasteiger partial charge in [-0.1, -0.05) is 33.6 Å². The van der Waals surface area contributed by atoms with E-state index >= 15 is 0 Å². The van der Waals surface area contributed by atoms with Crippen molar-refractivity contribution in [2.45, 2.75) is 13.0 Å². The molecule has 0 radical (unpaired) electrons. The SMILES string of the molecule is C[C@H](Nc1cccc(Cl)c1)C(=O)NN=Cc1cc(Br)ccc1O. The predicted octanol–water partition coefficient (Wildman–Crippen LogP) is 3.76. The number of phenols is 1. The molecule has 0 bridgehead atoms. The molecular weight excluding hydrogens is 382 g/mol. The number of halogens is 2. The maximum atomic E-state index is 12.0. The molecule has 2 aromatic carbocycles. The summed E-state index contributed by atoms with van der Waals surface area (Å²) in [5, 5.41) is 17.1. The molecule has 2 rings (SSSR count). The summed E-state index contributed by atoms with van der Waals surface area (Å²) in [6.45, 7) is 1.71. The van der Waals surface area contributed by atoms with Gasteiger partial charge in [0.15, 0.2) is 0 Å². The molecule has 0 heterocycles. The molecule has 23 heavy (non-hydrogen) atoms. The molecule has 120 valence electrons. The molecule has 0 aliphatic carbocycles. The third-order valence-corrected chi connectivity index (χ3v) is 3.70. The predicted molar refractivity (Wildman–Crippen MR) is 96.1 cm³/mol. The average Bonchev–Trinajstić information content (AvgIpc) is 2.50. The number of carbonyl (C=O) groups is 1. The average molecular weight is 397 g/mol. The van der Waals surface area contributed by atoms with Gasteiger partial charge in [0.05, 0.1) is 6.21 Å². The van der Waals surface area contributed by atoms with Crippen molar-refractivity contribution in [3.8, 4) is 5.75 Å². The standard InChI is InChI=1S/C16H15BrClN3O2/c1-10(20-14-4-2-3-13(18)8-14)16(23)21-19-9-11-7-12(17)5-6-15(11)22/h2-10,20,22H,1H3,(H,21,23)/t10-/m0/s1. The second-order valence-corrected chi connectivity index (χ2v) is 6.17. The minimum Gasteiger partial charge on any atom is -0.507 e. The van der Waals surface area contributed by atoms with Crippen LogP contribution in [0.15, 0.2) is 52.0 Å². The van der Waals surface area contributed by atoms with Crippen LogP contribution in [-0.4, -0.2) is 23.3 Å². The number of amides is 1. The minimum atomic E-state index is -0.498. The number of carbonyl (C=O) groups excluding carboxylic acids is 1. The fourth-order valence-corrected chi connectivity index (χ4v) is 2.35. The van der Waals surface area contributed by atoms with Gasteiger partial charge < -0.3 is 10.4 Å². The van der Waals surface area contributed by atoms with Crippen LogP contribution in [0.1, 0.15) is 12.5 Å². The molecule has 3 N–H and O–H groups in total. The number of rotatable bonds is 5. The maximum Gasteiger partial charge on any atom is 0.262 e. The Hall–Kier alpha value is -2.05. The van der Waals surface area contributed by atoms with Crippen molar-refractivity contribution in [3.63, 3.8) is 0 Å². The third kappa shape index (κ3) is 5.26. The largest absolute Gasteiger partial charge is 0.507 e. The number of hydrazone groups is 1. The first kappa shape index (κ1) is 17.3. The van der Waals surface area contributed by atoms with E-state index < -0.39 is 6.04 Å². The van der Waals surface area contributed by atoms with Crippen LogP contribution in [0.25, 0.3) is 0 Å². The monoisotopic (exact) mass is 395 g/mol. The second kappa shape index (κ2) is 7.99. The molecule has 0 aliphatic rings. The van der Waals surface area contributed by atoms with Gasteiger partial charge in [0, 0.05) is 20.7 Å². The first-order valence-electron chi connectivity index (χ1n) is 6.79. The van der Waals surface area contributed by atoms with Crippen LogP contribution >= 0.6 is 27.5 Å². The Morgan fingerprint density at radius 3 is 2.87 bits per heavy atom. The van der Waals surface area contributed by atoms with Gasteiger partial charge in [0.1, 0.15) is 11.8 Å². The number of nitrogens with zero attached hydrogens (tertiary/aromatic N) is 1. The van der Waals surface area contributed by atoms with E-state index in [1.165, 1.54) is 12.3 Å². The molecule has 1 amide bonds. The van der Waals surface area contributed by atoms with E-state index in [0.717, 1.165) is 10.2 Å². The number of anilines is 1. The molecule has 5 nitrogen and oxygen atoms in total. The van der Waals surface area contributed by atoms with Crippen LogP contribution in [0, 0.1) is 0 Å². The van der Waals surface area contributed by atoms with E-state index in [2.05, 4.69) is 31.8 Å². The van der Waals surface area contributed by atoms with Crippen molar-refractivity contribution >= 4 is 45.3 Å². The molecule has 0 fully saturated rings. The Morgan fingerprint density at radius 2 is 2.13 bits per heavy atom. The number of nitrogens with one attached hydrogen (secondary N) is 2. The molecule has 2 aromatic rings. The maximum absolute atomic E-state index is 12.0. The summed E-state index contributed by atoms with van der Waals surface area (Å²) >= 11 is 9.20. The van der Waals surface area contributed by atoms with Gasteiger partial charge in [0.25, 0.3) is 5.91 Å². The lowest BCUT2D eigenvalue weighted by Gasteiger charge is -2.13. The normalized spacial score (nSPS) is 12.1. The van der Waals surface area contributed by atoms with Crippen molar-refractivity contribution in [1.29, 1.82) is 0 Å². The number of hydrogen-bond acceptors (Lipinski definition) is 4. The molecule has 0 spiro atoms. The van der Waals surface area contributed by atoms with Crippen molar-refractivity contribution < 1.29 is 9.90 Å². The van der Waals surface area contributed by atoms with Crippen molar-refractivity contribution in [2.24, 2.45) is 5.10 Å². The minimum absolute atomic E-state index is 0.0799. The lowest BCUT2D eigenvalue weighted by Crippen LogP contribution is -2.34. The lowest BCUT2D eigenvalue weighted by molar-refractivity contribution is -0.121. The summed E-state index contributed by atoms with van der Waals surface area (Å²) in [6.07, 6.45) is 1.38. The highest BCUT2D eigenvalue weighted by molar-refractivity contribution is 9.10. The number of hydrogen-bond donors (Lipinski definition) is 3. The smallest absolute Gasteiger partial charge is 0.262 e. The molecule has 1 atom stereocenters. The van der Waals surface area contributed by atoms with Crippen molar-refractivity contribution in [3.05, 3.63) is 57.5 Å². The summed E-state index contributed by atoms with van der Waals surface area (Å²) < 4.78 is 0.805. The third-order valence-electron chi connectivity index (χ3n) is 2.97. The van der Waals surface area contributed by atoms with Crippen molar-refractivity contribution in [1.82, 2.24) is 5.43 Å². The zero-order valence-electron chi connectivity index (χ0n) is 12.3. The molecular formula is C16H15BrClN3O2. The molecule has 0 saturated carbocycles.